The first-order chi connectivity index (χ1) is 19.1. The zero-order valence-corrected chi connectivity index (χ0v) is 22.8. The Balaban J connectivity index is 1.50. The Morgan fingerprint density at radius 2 is 1.66 bits per heavy atom. The van der Waals surface area contributed by atoms with Crippen LogP contribution in [0.1, 0.15) is 64.4 Å². The second kappa shape index (κ2) is 11.1. The van der Waals surface area contributed by atoms with E-state index in [4.69, 9.17) is 0 Å². The van der Waals surface area contributed by atoms with Gasteiger partial charge in [0.2, 0.25) is 11.8 Å². The number of hydrogen-bond donors (Lipinski definition) is 2. The molecule has 41 heavy (non-hydrogen) atoms. The van der Waals surface area contributed by atoms with Gasteiger partial charge in [0.05, 0.1) is 22.6 Å². The Kier molecular flexibility index (Phi) is 8.15. The molecule has 2 fully saturated rings. The third kappa shape index (κ3) is 5.91. The zero-order chi connectivity index (χ0) is 30.3. The maximum absolute atomic E-state index is 14.3. The first-order valence-electron chi connectivity index (χ1n) is 13.2. The van der Waals surface area contributed by atoms with Crippen molar-refractivity contribution in [2.45, 2.75) is 44.8 Å². The van der Waals surface area contributed by atoms with Gasteiger partial charge in [-0.2, -0.15) is 13.2 Å². The topological polar surface area (TPSA) is 107 Å². The summed E-state index contributed by atoms with van der Waals surface area (Å²) in [6.07, 6.45) is -3.85. The zero-order valence-electron chi connectivity index (χ0n) is 22.8. The third-order valence-corrected chi connectivity index (χ3v) is 8.11. The third-order valence-electron chi connectivity index (χ3n) is 8.11. The molecule has 3 amide bonds. The lowest BCUT2D eigenvalue weighted by atomic mass is 9.68. The molecule has 8 nitrogen and oxygen atoms in total. The molecular formula is C29H31F4N3O5. The van der Waals surface area contributed by atoms with E-state index in [1.54, 1.807) is 42.8 Å². The highest BCUT2D eigenvalue weighted by molar-refractivity contribution is 5.98. The van der Waals surface area contributed by atoms with Crippen molar-refractivity contribution in [2.75, 3.05) is 26.7 Å². The number of carbonyl (C=O) groups is 4. The van der Waals surface area contributed by atoms with Gasteiger partial charge in [0.15, 0.2) is 0 Å². The van der Waals surface area contributed by atoms with Gasteiger partial charge in [-0.25, -0.2) is 9.18 Å². The number of benzene rings is 2. The molecule has 2 aromatic rings. The number of carbonyl (C=O) groups excluding carboxylic acids is 3. The fraction of sp³-hybridized carbons (Fsp3) is 0.448. The minimum atomic E-state index is -4.77. The van der Waals surface area contributed by atoms with Gasteiger partial charge in [0.25, 0.3) is 5.91 Å². The number of carboxylic acid groups (broad SMARTS) is 1. The molecule has 0 aromatic heterocycles. The molecule has 2 N–H and O–H groups in total. The number of nitrogens with one attached hydrogen (secondary N) is 1. The van der Waals surface area contributed by atoms with Gasteiger partial charge in [-0.1, -0.05) is 26.0 Å². The van der Waals surface area contributed by atoms with Gasteiger partial charge >= 0.3 is 12.1 Å². The Labute approximate surface area is 234 Å². The lowest BCUT2D eigenvalue weighted by Crippen LogP contribution is -2.54. The monoisotopic (exact) mass is 577 g/mol. The molecule has 1 spiro atoms. The van der Waals surface area contributed by atoms with E-state index in [1.165, 1.54) is 12.1 Å². The largest absolute Gasteiger partial charge is 0.478 e. The summed E-state index contributed by atoms with van der Waals surface area (Å²) >= 11 is 0. The molecule has 2 aliphatic heterocycles. The number of likely N-dealkylation sites (tertiary alicyclic amines) is 2. The lowest BCUT2D eigenvalue weighted by molar-refractivity contribution is -0.138. The average molecular weight is 578 g/mol. The summed E-state index contributed by atoms with van der Waals surface area (Å²) in [5.74, 6) is -4.84. The maximum atomic E-state index is 14.3. The van der Waals surface area contributed by atoms with E-state index in [2.05, 4.69) is 5.32 Å². The van der Waals surface area contributed by atoms with Gasteiger partial charge in [0, 0.05) is 32.1 Å². The smallest absolute Gasteiger partial charge is 0.416 e. The summed E-state index contributed by atoms with van der Waals surface area (Å²) in [7, 11) is 1.70. The molecule has 2 aromatic carbocycles. The maximum Gasteiger partial charge on any atom is 0.416 e. The molecule has 0 aliphatic carbocycles. The molecule has 2 saturated heterocycles. The van der Waals surface area contributed by atoms with Crippen molar-refractivity contribution < 1.29 is 41.8 Å². The van der Waals surface area contributed by atoms with Gasteiger partial charge in [-0.15, -0.1) is 0 Å². The van der Waals surface area contributed by atoms with Gasteiger partial charge in [-0.3, -0.25) is 14.4 Å². The summed E-state index contributed by atoms with van der Waals surface area (Å²) in [4.78, 5) is 53.9. The molecule has 0 bridgehead atoms. The average Bonchev–Trinajstić information content (AvgIpc) is 3.15. The standard InChI is InChI=1S/C29H31F4N3O5/c1-16(2)23(34-24(37)20-14-19(29(31,32)33)8-9-21(20)30)26(39)36-12-10-28(11-13-36)15-35(3)25(38)22(28)17-4-6-18(7-5-17)27(40)41/h4-9,14,16,22-23H,10-13,15H2,1-3H3,(H,34,37)(H,40,41)/t22?,23-/m1/s1. The Hall–Kier alpha value is -3.96. The number of piperidine rings is 1. The second-order valence-corrected chi connectivity index (χ2v) is 11.1. The number of halogens is 4. The van der Waals surface area contributed by atoms with Crippen LogP contribution in [0.4, 0.5) is 17.6 Å². The number of alkyl halides is 3. The number of amides is 3. The predicted octanol–water partition coefficient (Wildman–Crippen LogP) is 4.16. The lowest BCUT2D eigenvalue weighted by Gasteiger charge is -2.43. The fourth-order valence-electron chi connectivity index (χ4n) is 5.86. The van der Waals surface area contributed by atoms with E-state index in [-0.39, 0.29) is 24.6 Å². The van der Waals surface area contributed by atoms with Gasteiger partial charge in [0.1, 0.15) is 11.9 Å². The van der Waals surface area contributed by atoms with Crippen molar-refractivity contribution in [1.82, 2.24) is 15.1 Å². The number of nitrogens with zero attached hydrogens (tertiary/aromatic N) is 2. The molecule has 2 heterocycles. The van der Waals surface area contributed by atoms with Crippen LogP contribution in [0, 0.1) is 17.2 Å². The van der Waals surface area contributed by atoms with Crippen molar-refractivity contribution in [3.05, 3.63) is 70.5 Å². The van der Waals surface area contributed by atoms with Crippen molar-refractivity contribution in [2.24, 2.45) is 11.3 Å². The summed E-state index contributed by atoms with van der Waals surface area (Å²) in [6, 6.07) is 6.62. The Bertz CT molecular complexity index is 1350. The molecule has 0 radical (unpaired) electrons. The molecule has 0 saturated carbocycles. The van der Waals surface area contributed by atoms with Crippen LogP contribution in [0.15, 0.2) is 42.5 Å². The summed E-state index contributed by atoms with van der Waals surface area (Å²) in [5, 5.41) is 11.6. The van der Waals surface area contributed by atoms with Crippen LogP contribution in [-0.2, 0) is 15.8 Å². The van der Waals surface area contributed by atoms with Gasteiger partial charge < -0.3 is 20.2 Å². The minimum absolute atomic E-state index is 0.0942. The number of likely N-dealkylation sites (N-methyl/N-ethyl adjacent to an activating group) is 1. The summed E-state index contributed by atoms with van der Waals surface area (Å²) in [5.41, 5.74) is -1.68. The van der Waals surface area contributed by atoms with Crippen LogP contribution in [0.2, 0.25) is 0 Å². The van der Waals surface area contributed by atoms with E-state index < -0.39 is 64.2 Å². The highest BCUT2D eigenvalue weighted by atomic mass is 19.4. The molecule has 2 aliphatic rings. The normalized spacial score (nSPS) is 19.5. The van der Waals surface area contributed by atoms with E-state index in [0.717, 1.165) is 0 Å². The van der Waals surface area contributed by atoms with E-state index in [0.29, 0.717) is 43.1 Å². The molecule has 220 valence electrons. The van der Waals surface area contributed by atoms with Crippen LogP contribution in [-0.4, -0.2) is 71.3 Å². The highest BCUT2D eigenvalue weighted by Crippen LogP contribution is 2.50. The van der Waals surface area contributed by atoms with Crippen LogP contribution >= 0.6 is 0 Å². The SMILES string of the molecule is CC(C)[C@@H](NC(=O)c1cc(C(F)(F)F)ccc1F)C(=O)N1CCC2(CC1)CN(C)C(=O)C2c1ccc(C(=O)O)cc1. The second-order valence-electron chi connectivity index (χ2n) is 11.1. The van der Waals surface area contributed by atoms with Crippen molar-refractivity contribution in [3.63, 3.8) is 0 Å². The molecule has 1 unspecified atom stereocenters. The van der Waals surface area contributed by atoms with Crippen molar-refractivity contribution in [3.8, 4) is 0 Å². The van der Waals surface area contributed by atoms with Crippen LogP contribution in [0.3, 0.4) is 0 Å². The summed E-state index contributed by atoms with van der Waals surface area (Å²) < 4.78 is 53.7. The number of carboxylic acids is 1. The highest BCUT2D eigenvalue weighted by Gasteiger charge is 2.53. The molecular weight excluding hydrogens is 546 g/mol. The number of hydrogen-bond acceptors (Lipinski definition) is 4. The van der Waals surface area contributed by atoms with Crippen molar-refractivity contribution >= 4 is 23.7 Å². The minimum Gasteiger partial charge on any atom is -0.478 e. The summed E-state index contributed by atoms with van der Waals surface area (Å²) in [6.45, 7) is 4.32. The van der Waals surface area contributed by atoms with Crippen molar-refractivity contribution in [1.29, 1.82) is 0 Å². The Morgan fingerprint density at radius 3 is 2.20 bits per heavy atom. The van der Waals surface area contributed by atoms with E-state index in [1.807, 2.05) is 0 Å². The van der Waals surface area contributed by atoms with Crippen LogP contribution in [0.25, 0.3) is 0 Å². The Morgan fingerprint density at radius 1 is 1.05 bits per heavy atom. The predicted molar refractivity (Wildman–Crippen MR) is 140 cm³/mol. The first kappa shape index (κ1) is 30.0. The van der Waals surface area contributed by atoms with E-state index in [9.17, 15) is 41.8 Å². The van der Waals surface area contributed by atoms with Crippen LogP contribution in [0.5, 0.6) is 0 Å². The van der Waals surface area contributed by atoms with Crippen LogP contribution < -0.4 is 5.32 Å². The van der Waals surface area contributed by atoms with E-state index >= 15 is 0 Å². The number of rotatable bonds is 6. The quantitative estimate of drug-likeness (QED) is 0.502. The number of aromatic carboxylic acids is 1. The fourth-order valence-corrected chi connectivity index (χ4v) is 5.86. The molecule has 12 heteroatoms. The van der Waals surface area contributed by atoms with Gasteiger partial charge in [-0.05, 0) is 54.7 Å². The molecule has 2 atom stereocenters. The molecule has 4 rings (SSSR count). The first-order valence-corrected chi connectivity index (χ1v) is 13.2.